The topological polar surface area (TPSA) is 156 Å². The minimum atomic E-state index is -1.21. The molecule has 0 bridgehead atoms. The van der Waals surface area contributed by atoms with Crippen molar-refractivity contribution >= 4 is 29.4 Å². The molecule has 0 aliphatic carbocycles. The molecule has 136 valence electrons. The molecule has 1 aliphatic heterocycles. The average molecular weight is 352 g/mol. The highest BCUT2D eigenvalue weighted by molar-refractivity contribution is 6.06. The van der Waals surface area contributed by atoms with E-state index < -0.39 is 35.5 Å². The van der Waals surface area contributed by atoms with Crippen LogP contribution >= 0.6 is 0 Å². The highest BCUT2D eigenvalue weighted by Crippen LogP contribution is 2.21. The maximum absolute atomic E-state index is 11.8. The molecule has 1 aromatic rings. The van der Waals surface area contributed by atoms with Crippen molar-refractivity contribution in [1.82, 2.24) is 5.32 Å². The van der Waals surface area contributed by atoms with E-state index in [4.69, 9.17) is 20.7 Å². The second-order valence-electron chi connectivity index (χ2n) is 6.21. The zero-order chi connectivity index (χ0) is 19.4. The molecule has 9 nitrogen and oxygen atoms in total. The van der Waals surface area contributed by atoms with Crippen molar-refractivity contribution in [2.45, 2.75) is 38.9 Å². The number of nitrogen functional groups attached to an aromatic ring is 1. The first-order valence-electron chi connectivity index (χ1n) is 7.29. The maximum atomic E-state index is 11.8. The van der Waals surface area contributed by atoms with Gasteiger partial charge < -0.3 is 20.7 Å². The number of nitrogens with two attached hydrogens (primary N) is 1. The molecule has 25 heavy (non-hydrogen) atoms. The Labute approximate surface area is 143 Å². The Bertz CT molecular complexity index is 707. The lowest BCUT2D eigenvalue weighted by Gasteiger charge is -2.20. The Balaban J connectivity index is 0.000000324. The fourth-order valence-corrected chi connectivity index (χ4v) is 1.85. The molecule has 9 heteroatoms. The van der Waals surface area contributed by atoms with Gasteiger partial charge in [-0.3, -0.25) is 14.9 Å². The highest BCUT2D eigenvalue weighted by atomic mass is 16.6. The SMILES string of the molecule is CC(C)(C)OC(=O)c1c(N)cccc1C(=O)O.O=C1CC(O)C(=O)N1. The number of amides is 2. The first kappa shape index (κ1) is 20.1. The molecule has 1 aliphatic rings. The van der Waals surface area contributed by atoms with Crippen LogP contribution in [0.2, 0.25) is 0 Å². The van der Waals surface area contributed by atoms with E-state index in [1.165, 1.54) is 18.2 Å². The predicted molar refractivity (Wildman–Crippen MR) is 86.8 cm³/mol. The Kier molecular flexibility index (Phi) is 6.24. The van der Waals surface area contributed by atoms with E-state index in [2.05, 4.69) is 0 Å². The largest absolute Gasteiger partial charge is 0.478 e. The van der Waals surface area contributed by atoms with Crippen molar-refractivity contribution in [1.29, 1.82) is 0 Å². The summed E-state index contributed by atoms with van der Waals surface area (Å²) >= 11 is 0. The molecule has 5 N–H and O–H groups in total. The lowest BCUT2D eigenvalue weighted by molar-refractivity contribution is -0.127. The van der Waals surface area contributed by atoms with Gasteiger partial charge in [0.15, 0.2) is 0 Å². The standard InChI is InChI=1S/C12H15NO4.C4H5NO3/c1-12(2,3)17-11(16)9-7(10(14)15)5-4-6-8(9)13;6-2-1-3(7)5-4(2)8/h4-6H,13H2,1-3H3,(H,14,15);2,6H,1H2,(H,5,7,8). The molecule has 0 radical (unpaired) electrons. The number of nitrogens with one attached hydrogen (secondary N) is 1. The number of aliphatic hydroxyl groups excluding tert-OH is 1. The molecule has 0 saturated carbocycles. The van der Waals surface area contributed by atoms with Crippen LogP contribution in [0, 0.1) is 0 Å². The third kappa shape index (κ3) is 5.88. The summed E-state index contributed by atoms with van der Waals surface area (Å²) in [6, 6.07) is 4.26. The van der Waals surface area contributed by atoms with E-state index in [-0.39, 0.29) is 23.2 Å². The van der Waals surface area contributed by atoms with Gasteiger partial charge in [-0.1, -0.05) is 6.07 Å². The van der Waals surface area contributed by atoms with Crippen LogP contribution in [-0.4, -0.2) is 45.7 Å². The fourth-order valence-electron chi connectivity index (χ4n) is 1.85. The Morgan fingerprint density at radius 1 is 1.28 bits per heavy atom. The lowest BCUT2D eigenvalue weighted by Crippen LogP contribution is -2.25. The van der Waals surface area contributed by atoms with Crippen LogP contribution in [-0.2, 0) is 14.3 Å². The van der Waals surface area contributed by atoms with Crippen LogP contribution in [0.25, 0.3) is 0 Å². The first-order valence-corrected chi connectivity index (χ1v) is 7.29. The number of hydrogen-bond acceptors (Lipinski definition) is 7. The van der Waals surface area contributed by atoms with Crippen LogP contribution in [0.5, 0.6) is 0 Å². The van der Waals surface area contributed by atoms with E-state index in [1.54, 1.807) is 20.8 Å². The van der Waals surface area contributed by atoms with Gasteiger partial charge in [0.1, 0.15) is 11.7 Å². The quantitative estimate of drug-likeness (QED) is 0.337. The van der Waals surface area contributed by atoms with E-state index in [0.29, 0.717) is 0 Å². The van der Waals surface area contributed by atoms with Crippen molar-refractivity contribution in [3.05, 3.63) is 29.3 Å². The summed E-state index contributed by atoms with van der Waals surface area (Å²) < 4.78 is 5.11. The smallest absolute Gasteiger partial charge is 0.341 e. The van der Waals surface area contributed by atoms with Gasteiger partial charge in [-0.25, -0.2) is 9.59 Å². The van der Waals surface area contributed by atoms with Gasteiger partial charge in [-0.15, -0.1) is 0 Å². The maximum Gasteiger partial charge on any atom is 0.341 e. The van der Waals surface area contributed by atoms with E-state index in [9.17, 15) is 19.2 Å². The van der Waals surface area contributed by atoms with Gasteiger partial charge >= 0.3 is 11.9 Å². The van der Waals surface area contributed by atoms with Gasteiger partial charge in [-0.2, -0.15) is 0 Å². The summed E-state index contributed by atoms with van der Waals surface area (Å²) in [5.41, 5.74) is 4.76. The number of anilines is 1. The molecule has 0 aromatic heterocycles. The molecule has 1 unspecified atom stereocenters. The van der Waals surface area contributed by atoms with E-state index in [1.807, 2.05) is 5.32 Å². The average Bonchev–Trinajstić information content (AvgIpc) is 2.73. The second kappa shape index (κ2) is 7.75. The Hall–Kier alpha value is -2.94. The minimum absolute atomic E-state index is 0.0845. The van der Waals surface area contributed by atoms with Crippen molar-refractivity contribution in [2.75, 3.05) is 5.73 Å². The number of hydrogen-bond donors (Lipinski definition) is 4. The van der Waals surface area contributed by atoms with Crippen molar-refractivity contribution in [2.24, 2.45) is 0 Å². The van der Waals surface area contributed by atoms with Gasteiger partial charge in [0, 0.05) is 5.69 Å². The Morgan fingerprint density at radius 2 is 1.88 bits per heavy atom. The summed E-state index contributed by atoms with van der Waals surface area (Å²) in [4.78, 5) is 43.2. The number of esters is 1. The Morgan fingerprint density at radius 3 is 2.24 bits per heavy atom. The fraction of sp³-hybridized carbons (Fsp3) is 0.375. The number of rotatable bonds is 2. The van der Waals surface area contributed by atoms with Crippen molar-refractivity contribution in [3.8, 4) is 0 Å². The normalized spacial score (nSPS) is 16.6. The molecule has 0 spiro atoms. The molecule has 1 saturated heterocycles. The van der Waals surface area contributed by atoms with Gasteiger partial charge in [0.25, 0.3) is 5.91 Å². The molecule has 1 heterocycles. The molecule has 1 aromatic carbocycles. The van der Waals surface area contributed by atoms with Crippen LogP contribution in [0.4, 0.5) is 5.69 Å². The third-order valence-corrected chi connectivity index (χ3v) is 2.87. The van der Waals surface area contributed by atoms with Crippen LogP contribution in [0.3, 0.4) is 0 Å². The van der Waals surface area contributed by atoms with E-state index >= 15 is 0 Å². The van der Waals surface area contributed by atoms with Crippen LogP contribution < -0.4 is 11.1 Å². The number of aromatic carboxylic acids is 1. The van der Waals surface area contributed by atoms with E-state index in [0.717, 1.165) is 0 Å². The highest BCUT2D eigenvalue weighted by Gasteiger charge is 2.27. The molecule has 2 rings (SSSR count). The lowest BCUT2D eigenvalue weighted by atomic mass is 10.1. The molecular weight excluding hydrogens is 332 g/mol. The second-order valence-corrected chi connectivity index (χ2v) is 6.21. The van der Waals surface area contributed by atoms with Crippen LogP contribution in [0.1, 0.15) is 47.9 Å². The summed E-state index contributed by atoms with van der Waals surface area (Å²) in [6.45, 7) is 5.10. The number of benzene rings is 1. The first-order chi connectivity index (χ1) is 11.4. The van der Waals surface area contributed by atoms with Crippen molar-refractivity contribution in [3.63, 3.8) is 0 Å². The van der Waals surface area contributed by atoms with Crippen LogP contribution in [0.15, 0.2) is 18.2 Å². The summed E-state index contributed by atoms with van der Waals surface area (Å²) in [7, 11) is 0. The number of carbonyl (C=O) groups excluding carboxylic acids is 3. The van der Waals surface area contributed by atoms with Gasteiger partial charge in [-0.05, 0) is 32.9 Å². The summed E-state index contributed by atoms with van der Waals surface area (Å²) in [6.07, 6.45) is -1.19. The van der Waals surface area contributed by atoms with Crippen molar-refractivity contribution < 1.29 is 34.1 Å². The number of carboxylic acids is 1. The molecular formula is C16H20N2O7. The molecule has 1 atom stereocenters. The number of imide groups is 1. The summed E-state index contributed by atoms with van der Waals surface area (Å²) in [5.74, 6) is -2.93. The molecule has 2 amide bonds. The summed E-state index contributed by atoms with van der Waals surface area (Å²) in [5, 5.41) is 19.4. The van der Waals surface area contributed by atoms with Gasteiger partial charge in [0.2, 0.25) is 5.91 Å². The monoisotopic (exact) mass is 352 g/mol. The third-order valence-electron chi connectivity index (χ3n) is 2.87. The number of carbonyl (C=O) groups is 4. The zero-order valence-corrected chi connectivity index (χ0v) is 14.0. The number of ether oxygens (including phenoxy) is 1. The minimum Gasteiger partial charge on any atom is -0.478 e. The number of aliphatic hydroxyl groups is 1. The number of carboxylic acid groups (broad SMARTS) is 1. The molecule has 1 fully saturated rings. The predicted octanol–water partition coefficient (Wildman–Crippen LogP) is 0.316. The zero-order valence-electron chi connectivity index (χ0n) is 14.0. The van der Waals surface area contributed by atoms with Gasteiger partial charge in [0.05, 0.1) is 17.5 Å².